The molecule has 0 saturated heterocycles. The number of anilines is 2. The summed E-state index contributed by atoms with van der Waals surface area (Å²) in [7, 11) is 0. The van der Waals surface area contributed by atoms with E-state index < -0.39 is 22.0 Å². The lowest BCUT2D eigenvalue weighted by Gasteiger charge is -1.96. The van der Waals surface area contributed by atoms with Crippen LogP contribution < -0.4 is 10.9 Å². The van der Waals surface area contributed by atoms with Crippen LogP contribution in [0.15, 0.2) is 6.33 Å². The average Bonchev–Trinajstić information content (AvgIpc) is 2.01. The number of nitrogens with zero attached hydrogens (tertiary/aromatic N) is 5. The quantitative estimate of drug-likeness (QED) is 0.465. The molecule has 74 valence electrons. The van der Waals surface area contributed by atoms with Gasteiger partial charge in [-0.2, -0.15) is 15.0 Å². The van der Waals surface area contributed by atoms with Gasteiger partial charge in [0, 0.05) is 0 Å². The van der Waals surface area contributed by atoms with Gasteiger partial charge in [0.2, 0.25) is 0 Å². The Labute approximate surface area is 75.4 Å². The predicted octanol–water partition coefficient (Wildman–Crippen LogP) is -0.921. The van der Waals surface area contributed by atoms with Gasteiger partial charge in [-0.15, -0.1) is 0 Å². The fourth-order valence-corrected chi connectivity index (χ4v) is 0.567. The topological polar surface area (TPSA) is 149 Å². The summed E-state index contributed by atoms with van der Waals surface area (Å²) in [5, 5.41) is 18.1. The highest BCUT2D eigenvalue weighted by Crippen LogP contribution is 2.00. The summed E-state index contributed by atoms with van der Waals surface area (Å²) in [6.45, 7) is 0. The van der Waals surface area contributed by atoms with Gasteiger partial charge in [0.1, 0.15) is 6.33 Å². The van der Waals surface area contributed by atoms with Crippen LogP contribution in [0.1, 0.15) is 0 Å². The average molecular weight is 201 g/mol. The number of rotatable bonds is 4. The Hall–Kier alpha value is -2.59. The number of hydrogen-bond donors (Lipinski definition) is 2. The zero-order valence-corrected chi connectivity index (χ0v) is 6.45. The number of nitro groups is 2. The van der Waals surface area contributed by atoms with Crippen molar-refractivity contribution in [2.75, 3.05) is 10.9 Å². The smallest absolute Gasteiger partial charge is 0.234 e. The highest BCUT2D eigenvalue weighted by molar-refractivity contribution is 5.28. The predicted molar refractivity (Wildman–Crippen MR) is 41.1 cm³/mol. The molecule has 11 heteroatoms. The summed E-state index contributed by atoms with van der Waals surface area (Å²) in [6.07, 6.45) is 0.894. The standard InChI is InChI=1S/C3H3N7O4/c11-9(12)7-2-4-1-5-3(6-2)8-10(13)14/h1H,(H2,4,5,6,7,8). The van der Waals surface area contributed by atoms with Gasteiger partial charge < -0.3 is 0 Å². The van der Waals surface area contributed by atoms with E-state index in [0.717, 1.165) is 6.33 Å². The van der Waals surface area contributed by atoms with E-state index in [1.807, 2.05) is 0 Å². The van der Waals surface area contributed by atoms with E-state index >= 15 is 0 Å². The number of aromatic nitrogens is 3. The molecule has 0 aromatic carbocycles. The molecule has 0 amide bonds. The zero-order valence-electron chi connectivity index (χ0n) is 6.45. The first-order valence-electron chi connectivity index (χ1n) is 3.09. The van der Waals surface area contributed by atoms with E-state index in [0.29, 0.717) is 0 Å². The van der Waals surface area contributed by atoms with Crippen LogP contribution in [0.3, 0.4) is 0 Å². The first-order chi connectivity index (χ1) is 6.58. The van der Waals surface area contributed by atoms with Crippen molar-refractivity contribution in [3.8, 4) is 0 Å². The lowest BCUT2D eigenvalue weighted by atomic mass is 10.9. The molecule has 0 radical (unpaired) electrons. The fraction of sp³-hybridized carbons (Fsp3) is 0. The molecule has 1 rings (SSSR count). The summed E-state index contributed by atoms with van der Waals surface area (Å²) in [4.78, 5) is 29.9. The Balaban J connectivity index is 2.78. The van der Waals surface area contributed by atoms with Crippen LogP contribution in [0, 0.1) is 20.2 Å². The first-order valence-corrected chi connectivity index (χ1v) is 3.09. The highest BCUT2D eigenvalue weighted by atomic mass is 16.7. The van der Waals surface area contributed by atoms with Gasteiger partial charge in [-0.05, 0) is 0 Å². The minimum Gasteiger partial charge on any atom is -0.234 e. The third-order valence-corrected chi connectivity index (χ3v) is 0.954. The second-order valence-corrected chi connectivity index (χ2v) is 1.87. The van der Waals surface area contributed by atoms with Crippen molar-refractivity contribution in [1.82, 2.24) is 15.0 Å². The van der Waals surface area contributed by atoms with Crippen molar-refractivity contribution in [2.45, 2.75) is 0 Å². The molecule has 1 heterocycles. The minimum atomic E-state index is -0.898. The Morgan fingerprint density at radius 3 is 1.86 bits per heavy atom. The van der Waals surface area contributed by atoms with Crippen LogP contribution in [0.25, 0.3) is 0 Å². The van der Waals surface area contributed by atoms with Crippen molar-refractivity contribution in [3.63, 3.8) is 0 Å². The summed E-state index contributed by atoms with van der Waals surface area (Å²) in [6, 6.07) is 0. The number of hydrazine groups is 2. The van der Waals surface area contributed by atoms with Crippen LogP contribution in [-0.2, 0) is 0 Å². The van der Waals surface area contributed by atoms with Gasteiger partial charge in [0.05, 0.1) is 0 Å². The molecule has 0 fully saturated rings. The molecule has 0 aliphatic carbocycles. The number of nitrogens with one attached hydrogen (secondary N) is 2. The molecule has 1 aromatic heterocycles. The molecule has 1 aromatic rings. The molecule has 14 heavy (non-hydrogen) atoms. The lowest BCUT2D eigenvalue weighted by Crippen LogP contribution is -2.15. The molecule has 0 aliphatic heterocycles. The van der Waals surface area contributed by atoms with E-state index in [4.69, 9.17) is 0 Å². The normalized spacial score (nSPS) is 9.14. The van der Waals surface area contributed by atoms with Crippen LogP contribution in [-0.4, -0.2) is 25.0 Å². The SMILES string of the molecule is O=[N+]([O-])Nc1ncnc(N[N+](=O)[O-])n1. The Morgan fingerprint density at radius 2 is 1.50 bits per heavy atom. The van der Waals surface area contributed by atoms with Gasteiger partial charge in [0.25, 0.3) is 11.9 Å². The summed E-state index contributed by atoms with van der Waals surface area (Å²) >= 11 is 0. The molecular formula is C3H3N7O4. The van der Waals surface area contributed by atoms with E-state index in [1.54, 1.807) is 10.9 Å². The van der Waals surface area contributed by atoms with Crippen molar-refractivity contribution in [3.05, 3.63) is 26.6 Å². The van der Waals surface area contributed by atoms with Crippen molar-refractivity contribution in [1.29, 1.82) is 0 Å². The molecule has 0 aliphatic rings. The van der Waals surface area contributed by atoms with Crippen LogP contribution in [0.4, 0.5) is 11.9 Å². The van der Waals surface area contributed by atoms with E-state index in [1.165, 1.54) is 0 Å². The lowest BCUT2D eigenvalue weighted by molar-refractivity contribution is -0.447. The summed E-state index contributed by atoms with van der Waals surface area (Å²) < 4.78 is 0. The molecule has 0 saturated carbocycles. The second kappa shape index (κ2) is 3.88. The third kappa shape index (κ3) is 2.80. The van der Waals surface area contributed by atoms with Gasteiger partial charge in [-0.1, -0.05) is 10.9 Å². The van der Waals surface area contributed by atoms with Crippen LogP contribution >= 0.6 is 0 Å². The van der Waals surface area contributed by atoms with E-state index in [-0.39, 0.29) is 0 Å². The maximum absolute atomic E-state index is 9.94. The fourth-order valence-electron chi connectivity index (χ4n) is 0.567. The number of hydrogen-bond acceptors (Lipinski definition) is 7. The van der Waals surface area contributed by atoms with Crippen LogP contribution in [0.2, 0.25) is 0 Å². The maximum atomic E-state index is 9.94. The molecule has 0 atom stereocenters. The van der Waals surface area contributed by atoms with E-state index in [2.05, 4.69) is 15.0 Å². The molecule has 11 nitrogen and oxygen atoms in total. The summed E-state index contributed by atoms with van der Waals surface area (Å²) in [5.74, 6) is -0.788. The maximum Gasteiger partial charge on any atom is 0.289 e. The Morgan fingerprint density at radius 1 is 1.07 bits per heavy atom. The first kappa shape index (κ1) is 9.50. The molecular weight excluding hydrogens is 198 g/mol. The van der Waals surface area contributed by atoms with Crippen LogP contribution in [0.5, 0.6) is 0 Å². The van der Waals surface area contributed by atoms with Crippen molar-refractivity contribution < 1.29 is 10.1 Å². The van der Waals surface area contributed by atoms with Crippen molar-refractivity contribution >= 4 is 11.9 Å². The Bertz CT molecular complexity index is 334. The van der Waals surface area contributed by atoms with Gasteiger partial charge >= 0.3 is 0 Å². The molecule has 2 N–H and O–H groups in total. The molecule has 0 spiro atoms. The monoisotopic (exact) mass is 201 g/mol. The summed E-state index contributed by atoms with van der Waals surface area (Å²) in [5.41, 5.74) is 3.23. The zero-order chi connectivity index (χ0) is 10.6. The Kier molecular flexibility index (Phi) is 2.63. The third-order valence-electron chi connectivity index (χ3n) is 0.954. The van der Waals surface area contributed by atoms with Gasteiger partial charge in [-0.3, -0.25) is 0 Å². The second-order valence-electron chi connectivity index (χ2n) is 1.87. The molecule has 0 bridgehead atoms. The van der Waals surface area contributed by atoms with E-state index in [9.17, 15) is 20.2 Å². The van der Waals surface area contributed by atoms with Gasteiger partial charge in [0.15, 0.2) is 10.1 Å². The minimum absolute atomic E-state index is 0.394. The molecule has 0 unspecified atom stereocenters. The van der Waals surface area contributed by atoms with Crippen molar-refractivity contribution in [2.24, 2.45) is 0 Å². The highest BCUT2D eigenvalue weighted by Gasteiger charge is 2.07. The van der Waals surface area contributed by atoms with Gasteiger partial charge in [-0.25, -0.2) is 20.2 Å². The largest absolute Gasteiger partial charge is 0.289 e.